The molecule has 0 radical (unpaired) electrons. The fraction of sp³-hybridized carbons (Fsp3) is 0.280. The summed E-state index contributed by atoms with van der Waals surface area (Å²) in [4.78, 5) is 13.6. The third-order valence-corrected chi connectivity index (χ3v) is 6.23. The van der Waals surface area contributed by atoms with Gasteiger partial charge in [0, 0.05) is 17.4 Å². The summed E-state index contributed by atoms with van der Waals surface area (Å²) in [5, 5.41) is 1.14. The Morgan fingerprint density at radius 1 is 0.933 bits per heavy atom. The lowest BCUT2D eigenvalue weighted by Crippen LogP contribution is -3.14. The summed E-state index contributed by atoms with van der Waals surface area (Å²) in [7, 11) is 0. The van der Waals surface area contributed by atoms with E-state index >= 15 is 0 Å². The van der Waals surface area contributed by atoms with Gasteiger partial charge >= 0.3 is 0 Å². The molecule has 5 nitrogen and oxygen atoms in total. The van der Waals surface area contributed by atoms with Gasteiger partial charge in [-0.1, -0.05) is 48.0 Å². The Balaban J connectivity index is 1.69. The molecule has 5 rings (SSSR count). The molecule has 1 aliphatic heterocycles. The Kier molecular flexibility index (Phi) is 4.97. The van der Waals surface area contributed by atoms with E-state index in [1.165, 1.54) is 23.2 Å². The van der Waals surface area contributed by atoms with Crippen LogP contribution in [0.15, 0.2) is 67.1 Å². The molecule has 0 unspecified atom stereocenters. The van der Waals surface area contributed by atoms with Crippen molar-refractivity contribution in [2.75, 3.05) is 37.6 Å². The van der Waals surface area contributed by atoms with Crippen LogP contribution in [0, 0.1) is 6.92 Å². The fourth-order valence-electron chi connectivity index (χ4n) is 4.41. The predicted molar refractivity (Wildman–Crippen MR) is 122 cm³/mol. The smallest absolute Gasteiger partial charge is 0.150 e. The van der Waals surface area contributed by atoms with Crippen molar-refractivity contribution in [3.05, 3.63) is 72.7 Å². The van der Waals surface area contributed by atoms with Gasteiger partial charge < -0.3 is 14.4 Å². The number of fused-ring (bicyclic) bond motifs is 1. The van der Waals surface area contributed by atoms with E-state index in [4.69, 9.17) is 9.97 Å². The molecule has 2 aromatic carbocycles. The lowest BCUT2D eigenvalue weighted by Gasteiger charge is -2.32. The minimum atomic E-state index is 0.966. The molecule has 2 aromatic heterocycles. The number of nitrogens with one attached hydrogen (secondary N) is 1. The van der Waals surface area contributed by atoms with Crippen molar-refractivity contribution < 1.29 is 4.90 Å². The van der Waals surface area contributed by atoms with Crippen LogP contribution >= 0.6 is 0 Å². The molecule has 3 heterocycles. The number of likely N-dealkylation sites (N-methyl/N-ethyl adjacent to an activating group) is 1. The van der Waals surface area contributed by atoms with Gasteiger partial charge in [-0.3, -0.25) is 0 Å². The minimum absolute atomic E-state index is 0.966. The highest BCUT2D eigenvalue weighted by Crippen LogP contribution is 2.36. The summed E-state index contributed by atoms with van der Waals surface area (Å²) in [6.45, 7) is 9.93. The molecule has 0 atom stereocenters. The quantitative estimate of drug-likeness (QED) is 0.574. The van der Waals surface area contributed by atoms with E-state index in [0.29, 0.717) is 0 Å². The topological polar surface area (TPSA) is 38.4 Å². The summed E-state index contributed by atoms with van der Waals surface area (Å²) < 4.78 is 2.20. The predicted octanol–water partition coefficient (Wildman–Crippen LogP) is 3.12. The highest BCUT2D eigenvalue weighted by atomic mass is 15.3. The monoisotopic (exact) mass is 398 g/mol. The molecule has 1 aliphatic rings. The second-order valence-electron chi connectivity index (χ2n) is 8.10. The molecule has 0 aliphatic carbocycles. The zero-order valence-electron chi connectivity index (χ0n) is 17.7. The van der Waals surface area contributed by atoms with Crippen LogP contribution in [0.5, 0.6) is 0 Å². The summed E-state index contributed by atoms with van der Waals surface area (Å²) in [6.07, 6.45) is 3.94. The molecule has 0 amide bonds. The highest BCUT2D eigenvalue weighted by molar-refractivity contribution is 6.02. The maximum atomic E-state index is 4.78. The Labute approximate surface area is 177 Å². The van der Waals surface area contributed by atoms with Crippen LogP contribution in [0.4, 0.5) is 5.82 Å². The zero-order valence-corrected chi connectivity index (χ0v) is 17.7. The number of anilines is 1. The second-order valence-corrected chi connectivity index (χ2v) is 8.10. The Hall–Kier alpha value is -3.18. The fourth-order valence-corrected chi connectivity index (χ4v) is 4.41. The number of quaternary nitrogens is 1. The lowest BCUT2D eigenvalue weighted by atomic mass is 10.1. The molecule has 0 saturated carbocycles. The van der Waals surface area contributed by atoms with Crippen molar-refractivity contribution >= 4 is 16.9 Å². The van der Waals surface area contributed by atoms with E-state index in [1.807, 2.05) is 0 Å². The minimum Gasteiger partial charge on any atom is -0.345 e. The zero-order chi connectivity index (χ0) is 20.5. The van der Waals surface area contributed by atoms with E-state index in [2.05, 4.69) is 84.1 Å². The number of nitrogens with zero attached hydrogens (tertiary/aromatic N) is 4. The van der Waals surface area contributed by atoms with E-state index < -0.39 is 0 Å². The molecule has 0 spiro atoms. The van der Waals surface area contributed by atoms with Gasteiger partial charge in [0.1, 0.15) is 12.1 Å². The Morgan fingerprint density at radius 2 is 1.67 bits per heavy atom. The van der Waals surface area contributed by atoms with Crippen molar-refractivity contribution in [2.24, 2.45) is 0 Å². The Morgan fingerprint density at radius 3 is 2.37 bits per heavy atom. The number of piperazine rings is 1. The average molecular weight is 399 g/mol. The third-order valence-electron chi connectivity index (χ3n) is 6.23. The first-order valence-electron chi connectivity index (χ1n) is 10.8. The first kappa shape index (κ1) is 18.8. The molecule has 30 heavy (non-hydrogen) atoms. The second kappa shape index (κ2) is 7.92. The van der Waals surface area contributed by atoms with E-state index in [0.717, 1.165) is 48.7 Å². The van der Waals surface area contributed by atoms with Gasteiger partial charge in [0.05, 0.1) is 38.1 Å². The molecule has 1 fully saturated rings. The van der Waals surface area contributed by atoms with Crippen molar-refractivity contribution in [3.8, 4) is 16.8 Å². The molecule has 4 aromatic rings. The molecule has 1 N–H and O–H groups in total. The first-order valence-corrected chi connectivity index (χ1v) is 10.8. The van der Waals surface area contributed by atoms with Gasteiger partial charge in [0.25, 0.3) is 0 Å². The molecule has 1 saturated heterocycles. The van der Waals surface area contributed by atoms with Gasteiger partial charge in [0.15, 0.2) is 5.65 Å². The highest BCUT2D eigenvalue weighted by Gasteiger charge is 2.25. The van der Waals surface area contributed by atoms with Gasteiger partial charge in [0.2, 0.25) is 0 Å². The summed E-state index contributed by atoms with van der Waals surface area (Å²) in [6, 6.07) is 19.2. The van der Waals surface area contributed by atoms with Crippen LogP contribution in [0.25, 0.3) is 27.8 Å². The number of hydrogen-bond donors (Lipinski definition) is 1. The maximum absolute atomic E-state index is 4.78. The standard InChI is InChI=1S/C25H27N5/c1-3-28-13-15-29(16-14-28)24-23-22(20-7-5-4-6-8-20)17-30(25(23)27-18-26-24)21-11-9-19(2)10-12-21/h4-12,17-18H,3,13-16H2,1-2H3/p+1. The molecule has 5 heteroatoms. The third kappa shape index (κ3) is 3.35. The van der Waals surface area contributed by atoms with E-state index in [1.54, 1.807) is 11.2 Å². The van der Waals surface area contributed by atoms with E-state index in [9.17, 15) is 0 Å². The van der Waals surface area contributed by atoms with Gasteiger partial charge in [-0.05, 0) is 31.5 Å². The van der Waals surface area contributed by atoms with Crippen molar-refractivity contribution in [1.82, 2.24) is 14.5 Å². The van der Waals surface area contributed by atoms with Crippen molar-refractivity contribution in [1.29, 1.82) is 0 Å². The first-order chi connectivity index (χ1) is 14.7. The molecule has 152 valence electrons. The SMILES string of the molecule is CC[NH+]1CCN(c2ncnc3c2c(-c2ccccc2)cn3-c2ccc(C)cc2)CC1. The lowest BCUT2D eigenvalue weighted by molar-refractivity contribution is -0.898. The van der Waals surface area contributed by atoms with Crippen LogP contribution < -0.4 is 9.80 Å². The van der Waals surface area contributed by atoms with Crippen LogP contribution in [0.3, 0.4) is 0 Å². The molecular weight excluding hydrogens is 370 g/mol. The van der Waals surface area contributed by atoms with Crippen LogP contribution in [-0.4, -0.2) is 47.3 Å². The number of hydrogen-bond acceptors (Lipinski definition) is 3. The normalized spacial score (nSPS) is 15.1. The van der Waals surface area contributed by atoms with Crippen LogP contribution in [0.1, 0.15) is 12.5 Å². The van der Waals surface area contributed by atoms with Crippen LogP contribution in [0.2, 0.25) is 0 Å². The van der Waals surface area contributed by atoms with Crippen LogP contribution in [-0.2, 0) is 0 Å². The Bertz CT molecular complexity index is 1140. The van der Waals surface area contributed by atoms with Gasteiger partial charge in [-0.2, -0.15) is 0 Å². The number of aromatic nitrogens is 3. The van der Waals surface area contributed by atoms with Crippen molar-refractivity contribution in [3.63, 3.8) is 0 Å². The summed E-state index contributed by atoms with van der Waals surface area (Å²) in [5.74, 6) is 1.06. The van der Waals surface area contributed by atoms with Gasteiger partial charge in [-0.25, -0.2) is 9.97 Å². The largest absolute Gasteiger partial charge is 0.345 e. The van der Waals surface area contributed by atoms with Gasteiger partial charge in [-0.15, -0.1) is 0 Å². The average Bonchev–Trinajstić information content (AvgIpc) is 3.20. The molecule has 0 bridgehead atoms. The molecular formula is C25H28N5+. The summed E-state index contributed by atoms with van der Waals surface area (Å²) in [5.41, 5.74) is 5.73. The number of aryl methyl sites for hydroxylation is 1. The number of benzene rings is 2. The maximum Gasteiger partial charge on any atom is 0.150 e. The van der Waals surface area contributed by atoms with E-state index in [-0.39, 0.29) is 0 Å². The summed E-state index contributed by atoms with van der Waals surface area (Å²) >= 11 is 0. The van der Waals surface area contributed by atoms with Crippen molar-refractivity contribution in [2.45, 2.75) is 13.8 Å². The number of rotatable bonds is 4.